The third-order valence-electron chi connectivity index (χ3n) is 3.07. The standard InChI is InChI=1S/C18H30O10/c1-17(2,3)13(19)25-27-15(21)23-11-9-7-8-10-12-24-16(22)28-26-14(20)18(4,5)6/h7-12H2,1-6H3. The van der Waals surface area contributed by atoms with Crippen molar-refractivity contribution < 1.29 is 48.2 Å². The van der Waals surface area contributed by atoms with Gasteiger partial charge in [-0.2, -0.15) is 9.59 Å². The fourth-order valence-electron chi connectivity index (χ4n) is 1.31. The maximum Gasteiger partial charge on any atom is 0.549 e. The molecule has 0 saturated heterocycles. The van der Waals surface area contributed by atoms with Crippen molar-refractivity contribution in [2.75, 3.05) is 13.2 Å². The second-order valence-electron chi connectivity index (χ2n) is 8.02. The van der Waals surface area contributed by atoms with E-state index in [0.717, 1.165) is 0 Å². The molecule has 0 N–H and O–H groups in total. The first-order valence-corrected chi connectivity index (χ1v) is 8.95. The lowest BCUT2D eigenvalue weighted by Gasteiger charge is -2.14. The highest BCUT2D eigenvalue weighted by Crippen LogP contribution is 2.16. The molecule has 0 aliphatic carbocycles. The SMILES string of the molecule is CC(C)(C)C(=O)OOC(=O)OCCCCCCOC(=O)OOC(=O)C(C)(C)C. The minimum absolute atomic E-state index is 0.0948. The lowest BCUT2D eigenvalue weighted by Crippen LogP contribution is -2.24. The second-order valence-corrected chi connectivity index (χ2v) is 8.02. The number of unbranched alkanes of at least 4 members (excludes halogenated alkanes) is 3. The van der Waals surface area contributed by atoms with Crippen molar-refractivity contribution in [2.24, 2.45) is 10.8 Å². The van der Waals surface area contributed by atoms with Crippen LogP contribution in [0.2, 0.25) is 0 Å². The quantitative estimate of drug-likeness (QED) is 0.266. The Hall–Kier alpha value is -2.52. The van der Waals surface area contributed by atoms with Gasteiger partial charge in [-0.3, -0.25) is 0 Å². The van der Waals surface area contributed by atoms with Crippen molar-refractivity contribution >= 4 is 24.2 Å². The minimum atomic E-state index is -1.09. The van der Waals surface area contributed by atoms with Crippen LogP contribution in [0, 0.1) is 10.8 Å². The predicted octanol–water partition coefficient (Wildman–Crippen LogP) is 3.86. The molecule has 10 heteroatoms. The van der Waals surface area contributed by atoms with E-state index < -0.39 is 35.1 Å². The van der Waals surface area contributed by atoms with Gasteiger partial charge in [0.05, 0.1) is 24.0 Å². The molecule has 0 spiro atoms. The molecule has 0 aliphatic heterocycles. The first-order chi connectivity index (χ1) is 12.8. The van der Waals surface area contributed by atoms with Crippen LogP contribution in [-0.2, 0) is 38.6 Å². The van der Waals surface area contributed by atoms with Crippen LogP contribution in [-0.4, -0.2) is 37.5 Å². The van der Waals surface area contributed by atoms with E-state index in [4.69, 9.17) is 9.47 Å². The van der Waals surface area contributed by atoms with Gasteiger partial charge in [0.2, 0.25) is 0 Å². The van der Waals surface area contributed by atoms with Crippen molar-refractivity contribution in [3.8, 4) is 0 Å². The summed E-state index contributed by atoms with van der Waals surface area (Å²) >= 11 is 0. The van der Waals surface area contributed by atoms with Gasteiger partial charge in [0.15, 0.2) is 0 Å². The Labute approximate surface area is 164 Å². The summed E-state index contributed by atoms with van der Waals surface area (Å²) in [6, 6.07) is 0. The molecule has 0 heterocycles. The molecule has 0 fully saturated rings. The monoisotopic (exact) mass is 406 g/mol. The molecule has 0 aromatic heterocycles. The largest absolute Gasteiger partial charge is 0.549 e. The van der Waals surface area contributed by atoms with Crippen molar-refractivity contribution in [3.05, 3.63) is 0 Å². The van der Waals surface area contributed by atoms with Gasteiger partial charge in [-0.25, -0.2) is 29.1 Å². The van der Waals surface area contributed by atoms with Gasteiger partial charge in [0, 0.05) is 0 Å². The number of carbonyl (C=O) groups excluding carboxylic acids is 4. The van der Waals surface area contributed by atoms with E-state index in [1.165, 1.54) is 0 Å². The van der Waals surface area contributed by atoms with Gasteiger partial charge < -0.3 is 9.47 Å². The van der Waals surface area contributed by atoms with Crippen molar-refractivity contribution in [1.29, 1.82) is 0 Å². The summed E-state index contributed by atoms with van der Waals surface area (Å²) in [6.07, 6.45) is 0.326. The fraction of sp³-hybridized carbons (Fsp3) is 0.778. The molecule has 0 radical (unpaired) electrons. The molecule has 0 aliphatic rings. The van der Waals surface area contributed by atoms with Gasteiger partial charge in [-0.1, -0.05) is 0 Å². The maximum atomic E-state index is 11.4. The van der Waals surface area contributed by atoms with E-state index in [1.807, 2.05) is 0 Å². The number of hydrogen-bond donors (Lipinski definition) is 0. The molecule has 0 bridgehead atoms. The summed E-state index contributed by atoms with van der Waals surface area (Å²) in [5, 5.41) is 0. The van der Waals surface area contributed by atoms with Crippen LogP contribution in [0.4, 0.5) is 9.59 Å². The van der Waals surface area contributed by atoms with Gasteiger partial charge in [-0.05, 0) is 67.2 Å². The molecule has 28 heavy (non-hydrogen) atoms. The summed E-state index contributed by atoms with van der Waals surface area (Å²) in [4.78, 5) is 62.4. The van der Waals surface area contributed by atoms with Crippen LogP contribution in [0.3, 0.4) is 0 Å². The van der Waals surface area contributed by atoms with Crippen LogP contribution >= 0.6 is 0 Å². The van der Waals surface area contributed by atoms with Crippen molar-refractivity contribution in [1.82, 2.24) is 0 Å². The molecule has 0 atom stereocenters. The molecule has 0 aromatic rings. The molecule has 162 valence electrons. The molecule has 0 saturated carbocycles. The Morgan fingerprint density at radius 1 is 0.536 bits per heavy atom. The van der Waals surface area contributed by atoms with Gasteiger partial charge in [-0.15, -0.1) is 0 Å². The Morgan fingerprint density at radius 3 is 1.14 bits per heavy atom. The number of carbonyl (C=O) groups is 4. The zero-order valence-corrected chi connectivity index (χ0v) is 17.3. The topological polar surface area (TPSA) is 124 Å². The number of hydrogen-bond acceptors (Lipinski definition) is 10. The Morgan fingerprint density at radius 2 is 0.857 bits per heavy atom. The van der Waals surface area contributed by atoms with E-state index in [2.05, 4.69) is 19.6 Å². The lowest BCUT2D eigenvalue weighted by atomic mass is 9.98. The first kappa shape index (κ1) is 25.5. The average Bonchev–Trinajstić information content (AvgIpc) is 2.57. The highest BCUT2D eigenvalue weighted by molar-refractivity contribution is 5.76. The molecule has 0 rings (SSSR count). The van der Waals surface area contributed by atoms with Crippen molar-refractivity contribution in [2.45, 2.75) is 67.2 Å². The van der Waals surface area contributed by atoms with Crippen LogP contribution in [0.15, 0.2) is 0 Å². The second kappa shape index (κ2) is 12.0. The van der Waals surface area contributed by atoms with E-state index in [-0.39, 0.29) is 13.2 Å². The Bertz CT molecular complexity index is 479. The lowest BCUT2D eigenvalue weighted by molar-refractivity contribution is -0.251. The molecular formula is C18H30O10. The van der Waals surface area contributed by atoms with E-state index in [0.29, 0.717) is 25.7 Å². The smallest absolute Gasteiger partial charge is 0.432 e. The fourth-order valence-corrected chi connectivity index (χ4v) is 1.31. The Kier molecular flexibility index (Phi) is 11.0. The third kappa shape index (κ3) is 12.8. The zero-order chi connectivity index (χ0) is 21.8. The van der Waals surface area contributed by atoms with E-state index in [1.54, 1.807) is 41.5 Å². The summed E-state index contributed by atoms with van der Waals surface area (Å²) in [7, 11) is 0. The first-order valence-electron chi connectivity index (χ1n) is 8.95. The predicted molar refractivity (Wildman–Crippen MR) is 94.4 cm³/mol. The molecule has 0 unspecified atom stereocenters. The zero-order valence-electron chi connectivity index (χ0n) is 17.3. The Balaban J connectivity index is 3.60. The van der Waals surface area contributed by atoms with Gasteiger partial charge in [0.25, 0.3) is 0 Å². The van der Waals surface area contributed by atoms with Crippen LogP contribution in [0.5, 0.6) is 0 Å². The summed E-state index contributed by atoms with van der Waals surface area (Å²) in [5.41, 5.74) is -1.58. The summed E-state index contributed by atoms with van der Waals surface area (Å²) in [6.45, 7) is 9.89. The highest BCUT2D eigenvalue weighted by atomic mass is 17.2. The van der Waals surface area contributed by atoms with E-state index in [9.17, 15) is 19.2 Å². The average molecular weight is 406 g/mol. The third-order valence-corrected chi connectivity index (χ3v) is 3.07. The van der Waals surface area contributed by atoms with Gasteiger partial charge in [0.1, 0.15) is 0 Å². The summed E-state index contributed by atoms with van der Waals surface area (Å²) < 4.78 is 9.48. The normalized spacial score (nSPS) is 11.2. The van der Waals surface area contributed by atoms with Crippen molar-refractivity contribution in [3.63, 3.8) is 0 Å². The molecule has 0 amide bonds. The van der Waals surface area contributed by atoms with E-state index >= 15 is 0 Å². The van der Waals surface area contributed by atoms with Crippen LogP contribution in [0.25, 0.3) is 0 Å². The van der Waals surface area contributed by atoms with Gasteiger partial charge >= 0.3 is 24.2 Å². The molecule has 0 aromatic carbocycles. The highest BCUT2D eigenvalue weighted by Gasteiger charge is 2.26. The minimum Gasteiger partial charge on any atom is -0.432 e. The number of ether oxygens (including phenoxy) is 2. The van der Waals surface area contributed by atoms with Crippen LogP contribution < -0.4 is 0 Å². The molecule has 10 nitrogen and oxygen atoms in total. The maximum absolute atomic E-state index is 11.4. The number of rotatable bonds is 7. The van der Waals surface area contributed by atoms with Crippen LogP contribution in [0.1, 0.15) is 67.2 Å². The summed E-state index contributed by atoms with van der Waals surface area (Å²) in [5.74, 6) is -1.37. The molecular weight excluding hydrogens is 376 g/mol.